The summed E-state index contributed by atoms with van der Waals surface area (Å²) in [6.45, 7) is 4.62. The first kappa shape index (κ1) is 17.2. The van der Waals surface area contributed by atoms with Crippen molar-refractivity contribution in [1.82, 2.24) is 0 Å². The van der Waals surface area contributed by atoms with Gasteiger partial charge in [0, 0.05) is 5.75 Å². The summed E-state index contributed by atoms with van der Waals surface area (Å²) in [6, 6.07) is 0. The first-order chi connectivity index (χ1) is 8.13. The van der Waals surface area contributed by atoms with Crippen LogP contribution in [0.4, 0.5) is 0 Å². The average molecular weight is 276 g/mol. The van der Waals surface area contributed by atoms with Gasteiger partial charge in [-0.05, 0) is 12.3 Å². The summed E-state index contributed by atoms with van der Waals surface area (Å²) in [6.07, 6.45) is 12.5. The highest BCUT2D eigenvalue weighted by Gasteiger charge is 1.95. The Hall–Kier alpha value is 0.240. The number of nitrogens with two attached hydrogens (primary N) is 1. The van der Waals surface area contributed by atoms with E-state index >= 15 is 0 Å². The molecule has 0 saturated carbocycles. The standard InChI is InChI=1S/C14H29NS2/c1-13(2)11-9-7-5-3-4-6-8-10-12-17-14(15)16/h13H,3-12H2,1-2H3,(H2,15,16). The molecule has 0 aliphatic heterocycles. The molecule has 0 aliphatic rings. The monoisotopic (exact) mass is 275 g/mol. The van der Waals surface area contributed by atoms with Gasteiger partial charge in [0.05, 0.1) is 0 Å². The van der Waals surface area contributed by atoms with E-state index in [1.54, 1.807) is 11.8 Å². The first-order valence-electron chi connectivity index (χ1n) is 7.05. The molecule has 0 spiro atoms. The van der Waals surface area contributed by atoms with Gasteiger partial charge in [0.15, 0.2) is 0 Å². The van der Waals surface area contributed by atoms with Gasteiger partial charge >= 0.3 is 0 Å². The van der Waals surface area contributed by atoms with Crippen molar-refractivity contribution in [2.75, 3.05) is 5.75 Å². The maximum atomic E-state index is 5.42. The fourth-order valence-corrected chi connectivity index (χ4v) is 2.69. The van der Waals surface area contributed by atoms with Gasteiger partial charge < -0.3 is 5.73 Å². The van der Waals surface area contributed by atoms with Crippen molar-refractivity contribution in [2.24, 2.45) is 11.7 Å². The summed E-state index contributed by atoms with van der Waals surface area (Å²) >= 11 is 6.43. The van der Waals surface area contributed by atoms with Crippen LogP contribution in [0, 0.1) is 5.92 Å². The number of thiocarbonyl (C=S) groups is 1. The van der Waals surface area contributed by atoms with E-state index in [0.29, 0.717) is 4.32 Å². The largest absolute Gasteiger partial charge is 0.385 e. The van der Waals surface area contributed by atoms with Gasteiger partial charge in [0.2, 0.25) is 0 Å². The number of unbranched alkanes of at least 4 members (excludes halogenated alkanes) is 7. The SMILES string of the molecule is CC(C)CCCCCCCCCCSC(N)=S. The smallest absolute Gasteiger partial charge is 0.131 e. The lowest BCUT2D eigenvalue weighted by Crippen LogP contribution is -2.02. The molecule has 0 aromatic heterocycles. The Labute approximate surface area is 117 Å². The molecule has 0 heterocycles. The van der Waals surface area contributed by atoms with Gasteiger partial charge in [0.25, 0.3) is 0 Å². The van der Waals surface area contributed by atoms with E-state index in [-0.39, 0.29) is 0 Å². The van der Waals surface area contributed by atoms with Crippen LogP contribution in [0.15, 0.2) is 0 Å². The van der Waals surface area contributed by atoms with E-state index in [1.807, 2.05) is 0 Å². The predicted molar refractivity (Wildman–Crippen MR) is 85.6 cm³/mol. The molecule has 1 nitrogen and oxygen atoms in total. The van der Waals surface area contributed by atoms with Crippen LogP contribution in [0.2, 0.25) is 0 Å². The summed E-state index contributed by atoms with van der Waals surface area (Å²) < 4.78 is 0.593. The number of rotatable bonds is 11. The second-order valence-corrected chi connectivity index (χ2v) is 7.01. The van der Waals surface area contributed by atoms with Gasteiger partial charge in [-0.3, -0.25) is 0 Å². The van der Waals surface area contributed by atoms with E-state index in [9.17, 15) is 0 Å². The van der Waals surface area contributed by atoms with Gasteiger partial charge in [0.1, 0.15) is 4.32 Å². The maximum Gasteiger partial charge on any atom is 0.131 e. The molecule has 102 valence electrons. The Balaban J connectivity index is 2.96. The molecule has 0 atom stereocenters. The van der Waals surface area contributed by atoms with Crippen molar-refractivity contribution < 1.29 is 0 Å². The van der Waals surface area contributed by atoms with E-state index in [1.165, 1.54) is 57.8 Å². The summed E-state index contributed by atoms with van der Waals surface area (Å²) in [4.78, 5) is 0. The molecule has 0 aromatic rings. The normalized spacial score (nSPS) is 11.0. The van der Waals surface area contributed by atoms with Crippen LogP contribution in [0.25, 0.3) is 0 Å². The van der Waals surface area contributed by atoms with Crippen LogP contribution in [-0.4, -0.2) is 10.1 Å². The highest BCUT2D eigenvalue weighted by atomic mass is 32.2. The lowest BCUT2D eigenvalue weighted by molar-refractivity contribution is 0.509. The molecular formula is C14H29NS2. The van der Waals surface area contributed by atoms with Crippen molar-refractivity contribution in [3.8, 4) is 0 Å². The molecule has 0 bridgehead atoms. The Morgan fingerprint density at radius 2 is 1.41 bits per heavy atom. The van der Waals surface area contributed by atoms with Gasteiger partial charge in [-0.1, -0.05) is 89.2 Å². The minimum absolute atomic E-state index is 0.593. The maximum absolute atomic E-state index is 5.42. The molecule has 0 aromatic carbocycles. The van der Waals surface area contributed by atoms with Crippen LogP contribution in [-0.2, 0) is 0 Å². The molecule has 0 radical (unpaired) electrons. The fourth-order valence-electron chi connectivity index (χ4n) is 1.89. The zero-order chi connectivity index (χ0) is 12.9. The molecule has 0 aliphatic carbocycles. The molecular weight excluding hydrogens is 246 g/mol. The molecule has 0 saturated heterocycles. The van der Waals surface area contributed by atoms with Crippen molar-refractivity contribution in [3.63, 3.8) is 0 Å². The third-order valence-electron chi connectivity index (χ3n) is 2.92. The lowest BCUT2D eigenvalue weighted by atomic mass is 10.0. The number of hydrogen-bond donors (Lipinski definition) is 1. The minimum atomic E-state index is 0.593. The van der Waals surface area contributed by atoms with Crippen molar-refractivity contribution >= 4 is 28.3 Å². The van der Waals surface area contributed by atoms with Crippen LogP contribution < -0.4 is 5.73 Å². The molecule has 0 fully saturated rings. The highest BCUT2D eigenvalue weighted by Crippen LogP contribution is 2.13. The zero-order valence-corrected chi connectivity index (χ0v) is 13.2. The first-order valence-corrected chi connectivity index (χ1v) is 8.44. The lowest BCUT2D eigenvalue weighted by Gasteiger charge is -2.04. The van der Waals surface area contributed by atoms with Crippen LogP contribution >= 0.6 is 24.0 Å². The van der Waals surface area contributed by atoms with Crippen LogP contribution in [0.5, 0.6) is 0 Å². The number of hydrogen-bond acceptors (Lipinski definition) is 2. The van der Waals surface area contributed by atoms with Gasteiger partial charge in [-0.15, -0.1) is 0 Å². The van der Waals surface area contributed by atoms with Gasteiger partial charge in [-0.25, -0.2) is 0 Å². The van der Waals surface area contributed by atoms with Crippen LogP contribution in [0.1, 0.15) is 71.6 Å². The molecule has 17 heavy (non-hydrogen) atoms. The van der Waals surface area contributed by atoms with E-state index in [0.717, 1.165) is 11.7 Å². The average Bonchev–Trinajstić information content (AvgIpc) is 2.25. The topological polar surface area (TPSA) is 26.0 Å². The Morgan fingerprint density at radius 3 is 1.88 bits per heavy atom. The molecule has 2 N–H and O–H groups in total. The Kier molecular flexibility index (Phi) is 12.9. The highest BCUT2D eigenvalue weighted by molar-refractivity contribution is 8.22. The molecule has 3 heteroatoms. The van der Waals surface area contributed by atoms with E-state index in [4.69, 9.17) is 18.0 Å². The van der Waals surface area contributed by atoms with E-state index < -0.39 is 0 Å². The molecule has 0 amide bonds. The quantitative estimate of drug-likeness (QED) is 0.418. The Morgan fingerprint density at radius 1 is 0.941 bits per heavy atom. The summed E-state index contributed by atoms with van der Waals surface area (Å²) in [5.74, 6) is 1.98. The zero-order valence-electron chi connectivity index (χ0n) is 11.5. The summed E-state index contributed by atoms with van der Waals surface area (Å²) in [5, 5.41) is 0. The fraction of sp³-hybridized carbons (Fsp3) is 0.929. The summed E-state index contributed by atoms with van der Waals surface area (Å²) in [7, 11) is 0. The number of thioether (sulfide) groups is 1. The third kappa shape index (κ3) is 16.2. The third-order valence-corrected chi connectivity index (χ3v) is 4.05. The van der Waals surface area contributed by atoms with Crippen molar-refractivity contribution in [1.29, 1.82) is 0 Å². The van der Waals surface area contributed by atoms with Crippen molar-refractivity contribution in [3.05, 3.63) is 0 Å². The molecule has 0 unspecified atom stereocenters. The second-order valence-electron chi connectivity index (χ2n) is 5.18. The second kappa shape index (κ2) is 12.7. The van der Waals surface area contributed by atoms with Crippen LogP contribution in [0.3, 0.4) is 0 Å². The molecule has 0 rings (SSSR count). The minimum Gasteiger partial charge on any atom is -0.385 e. The van der Waals surface area contributed by atoms with Gasteiger partial charge in [-0.2, -0.15) is 0 Å². The summed E-state index contributed by atoms with van der Waals surface area (Å²) in [5.41, 5.74) is 5.42. The van der Waals surface area contributed by atoms with Crippen molar-refractivity contribution in [2.45, 2.75) is 71.6 Å². The Bertz CT molecular complexity index is 181. The van der Waals surface area contributed by atoms with E-state index in [2.05, 4.69) is 13.8 Å². The predicted octanol–water partition coefficient (Wildman–Crippen LogP) is 5.13.